The molecule has 0 radical (unpaired) electrons. The second-order valence-corrected chi connectivity index (χ2v) is 8.58. The maximum absolute atomic E-state index is 14.2. The highest BCUT2D eigenvalue weighted by Gasteiger charge is 2.32. The Morgan fingerprint density at radius 3 is 2.19 bits per heavy atom. The van der Waals surface area contributed by atoms with Crippen LogP contribution in [0.25, 0.3) is 11.0 Å². The molecular formula is C22H25FN6O3. The van der Waals surface area contributed by atoms with Crippen LogP contribution in [0.4, 0.5) is 27.1 Å². The molecule has 2 saturated heterocycles. The average molecular weight is 440 g/mol. The van der Waals surface area contributed by atoms with Crippen molar-refractivity contribution < 1.29 is 13.9 Å². The molecule has 2 aliphatic heterocycles. The Kier molecular flexibility index (Phi) is 5.28. The maximum atomic E-state index is 14.2. The number of benzene rings is 2. The normalized spacial score (nSPS) is 17.9. The van der Waals surface area contributed by atoms with Gasteiger partial charge in [0.05, 0.1) is 16.3 Å². The smallest absolute Gasteiger partial charge is 0.323 e. The molecule has 0 N–H and O–H groups in total. The van der Waals surface area contributed by atoms with E-state index in [4.69, 9.17) is 4.63 Å². The van der Waals surface area contributed by atoms with E-state index < -0.39 is 0 Å². The number of hydrogen-bond donors (Lipinski definition) is 0. The lowest BCUT2D eigenvalue weighted by molar-refractivity contribution is -0.382. The molecule has 3 heterocycles. The first kappa shape index (κ1) is 20.5. The van der Waals surface area contributed by atoms with Crippen LogP contribution in [-0.2, 0) is 0 Å². The Balaban J connectivity index is 1.48. The van der Waals surface area contributed by atoms with E-state index in [9.17, 15) is 14.5 Å². The van der Waals surface area contributed by atoms with E-state index >= 15 is 0 Å². The van der Waals surface area contributed by atoms with Crippen molar-refractivity contribution in [2.45, 2.75) is 19.8 Å². The quantitative estimate of drug-likeness (QED) is 0.446. The number of nitro benzene ring substituents is 1. The number of nitrogens with zero attached hydrogens (tertiary/aromatic N) is 6. The molecule has 0 saturated carbocycles. The zero-order valence-corrected chi connectivity index (χ0v) is 17.9. The second kappa shape index (κ2) is 8.25. The number of aromatic nitrogens is 2. The zero-order chi connectivity index (χ0) is 22.2. The first-order chi connectivity index (χ1) is 15.5. The number of piperidine rings is 1. The van der Waals surface area contributed by atoms with Gasteiger partial charge in [-0.3, -0.25) is 10.1 Å². The molecule has 0 bridgehead atoms. The molecule has 0 spiro atoms. The fourth-order valence-corrected chi connectivity index (χ4v) is 4.71. The fraction of sp³-hybridized carbons (Fsp3) is 0.455. The van der Waals surface area contributed by atoms with Gasteiger partial charge in [0.1, 0.15) is 11.5 Å². The summed E-state index contributed by atoms with van der Waals surface area (Å²) < 4.78 is 19.2. The van der Waals surface area contributed by atoms with E-state index in [1.54, 1.807) is 12.1 Å². The minimum atomic E-state index is -0.389. The molecule has 32 heavy (non-hydrogen) atoms. The summed E-state index contributed by atoms with van der Waals surface area (Å²) in [6.45, 7) is 6.24. The van der Waals surface area contributed by atoms with Crippen LogP contribution in [0.1, 0.15) is 19.8 Å². The number of rotatable bonds is 4. The van der Waals surface area contributed by atoms with Crippen LogP contribution in [0.3, 0.4) is 0 Å². The minimum absolute atomic E-state index is 0.0513. The summed E-state index contributed by atoms with van der Waals surface area (Å²) >= 11 is 0. The monoisotopic (exact) mass is 440 g/mol. The number of fused-ring (bicyclic) bond motifs is 1. The van der Waals surface area contributed by atoms with Crippen LogP contribution in [0.15, 0.2) is 35.0 Å². The van der Waals surface area contributed by atoms with E-state index in [1.165, 1.54) is 6.07 Å². The lowest BCUT2D eigenvalue weighted by atomic mass is 9.98. The number of piperazine rings is 1. The Labute approximate surface area is 184 Å². The summed E-state index contributed by atoms with van der Waals surface area (Å²) in [5, 5.41) is 19.9. The standard InChI is InChI=1S/C22H25FN6O3/c1-15-6-8-26(9-7-15)19-14-18(20-21(25-32-24-20)22(19)29(30)31)28-12-10-27(11-13-28)17-5-3-2-4-16(17)23/h2-5,14-15H,6-13H2,1H3. The molecule has 2 aromatic carbocycles. The molecule has 0 amide bonds. The maximum Gasteiger partial charge on any atom is 0.323 e. The Morgan fingerprint density at radius 1 is 0.938 bits per heavy atom. The topological polar surface area (TPSA) is 91.8 Å². The van der Waals surface area contributed by atoms with E-state index in [1.807, 2.05) is 17.0 Å². The van der Waals surface area contributed by atoms with Gasteiger partial charge in [0.25, 0.3) is 0 Å². The molecule has 2 fully saturated rings. The predicted octanol–water partition coefficient (Wildman–Crippen LogP) is 3.83. The Hall–Kier alpha value is -3.43. The van der Waals surface area contributed by atoms with Crippen LogP contribution in [0.5, 0.6) is 0 Å². The molecule has 10 heteroatoms. The summed E-state index contributed by atoms with van der Waals surface area (Å²) in [7, 11) is 0. The number of hydrogen-bond acceptors (Lipinski definition) is 8. The van der Waals surface area contributed by atoms with E-state index in [0.717, 1.165) is 31.6 Å². The third kappa shape index (κ3) is 3.59. The van der Waals surface area contributed by atoms with Crippen LogP contribution < -0.4 is 14.7 Å². The van der Waals surface area contributed by atoms with Crippen molar-refractivity contribution in [2.24, 2.45) is 5.92 Å². The van der Waals surface area contributed by atoms with Crippen molar-refractivity contribution in [1.82, 2.24) is 10.3 Å². The lowest BCUT2D eigenvalue weighted by Gasteiger charge is -2.38. The summed E-state index contributed by atoms with van der Waals surface area (Å²) in [5.74, 6) is 0.370. The highest BCUT2D eigenvalue weighted by atomic mass is 19.1. The Morgan fingerprint density at radius 2 is 1.53 bits per heavy atom. The third-order valence-corrected chi connectivity index (χ3v) is 6.59. The number of anilines is 3. The second-order valence-electron chi connectivity index (χ2n) is 8.58. The third-order valence-electron chi connectivity index (χ3n) is 6.59. The van der Waals surface area contributed by atoms with Gasteiger partial charge < -0.3 is 14.7 Å². The van der Waals surface area contributed by atoms with Crippen molar-refractivity contribution in [1.29, 1.82) is 0 Å². The predicted molar refractivity (Wildman–Crippen MR) is 120 cm³/mol. The van der Waals surface area contributed by atoms with Crippen LogP contribution in [0, 0.1) is 21.8 Å². The van der Waals surface area contributed by atoms with E-state index in [-0.39, 0.29) is 21.9 Å². The van der Waals surface area contributed by atoms with Crippen LogP contribution in [-0.4, -0.2) is 54.5 Å². The molecular weight excluding hydrogens is 415 g/mol. The molecule has 0 aliphatic carbocycles. The van der Waals surface area contributed by atoms with Crippen molar-refractivity contribution in [2.75, 3.05) is 54.0 Å². The van der Waals surface area contributed by atoms with Crippen molar-refractivity contribution >= 4 is 33.8 Å². The van der Waals surface area contributed by atoms with Gasteiger partial charge in [0.2, 0.25) is 5.52 Å². The van der Waals surface area contributed by atoms with E-state index in [2.05, 4.69) is 27.0 Å². The van der Waals surface area contributed by atoms with Crippen LogP contribution >= 0.6 is 0 Å². The highest BCUT2D eigenvalue weighted by molar-refractivity contribution is 6.00. The van der Waals surface area contributed by atoms with Crippen molar-refractivity contribution in [3.63, 3.8) is 0 Å². The van der Waals surface area contributed by atoms with Crippen molar-refractivity contribution in [3.05, 3.63) is 46.3 Å². The Bertz CT molecular complexity index is 1140. The number of nitro groups is 1. The summed E-state index contributed by atoms with van der Waals surface area (Å²) in [6.07, 6.45) is 1.98. The first-order valence-corrected chi connectivity index (χ1v) is 11.0. The molecule has 0 unspecified atom stereocenters. The lowest BCUT2D eigenvalue weighted by Crippen LogP contribution is -2.47. The van der Waals surface area contributed by atoms with Crippen molar-refractivity contribution in [3.8, 4) is 0 Å². The molecule has 0 atom stereocenters. The SMILES string of the molecule is CC1CCN(c2cc(N3CCN(c4ccccc4F)CC3)c3nonc3c2[N+](=O)[O-])CC1. The zero-order valence-electron chi connectivity index (χ0n) is 17.9. The summed E-state index contributed by atoms with van der Waals surface area (Å²) in [4.78, 5) is 17.8. The molecule has 1 aromatic heterocycles. The van der Waals surface area contributed by atoms with Gasteiger partial charge in [-0.25, -0.2) is 9.02 Å². The van der Waals surface area contributed by atoms with Gasteiger partial charge in [-0.05, 0) is 47.3 Å². The van der Waals surface area contributed by atoms with Gasteiger partial charge >= 0.3 is 5.69 Å². The average Bonchev–Trinajstić information content (AvgIpc) is 3.28. The minimum Gasteiger partial charge on any atom is -0.366 e. The molecule has 9 nitrogen and oxygen atoms in total. The van der Waals surface area contributed by atoms with Gasteiger partial charge in [-0.2, -0.15) is 0 Å². The highest BCUT2D eigenvalue weighted by Crippen LogP contribution is 2.41. The van der Waals surface area contributed by atoms with Gasteiger partial charge in [-0.15, -0.1) is 0 Å². The van der Waals surface area contributed by atoms with Crippen LogP contribution in [0.2, 0.25) is 0 Å². The summed E-state index contributed by atoms with van der Waals surface area (Å²) in [6, 6.07) is 8.63. The molecule has 3 aromatic rings. The van der Waals surface area contributed by atoms with Gasteiger partial charge in [-0.1, -0.05) is 19.1 Å². The number of para-hydroxylation sites is 1. The molecule has 2 aliphatic rings. The molecule has 5 rings (SSSR count). The fourth-order valence-electron chi connectivity index (χ4n) is 4.71. The number of halogens is 1. The van der Waals surface area contributed by atoms with Gasteiger partial charge in [0.15, 0.2) is 5.52 Å². The largest absolute Gasteiger partial charge is 0.366 e. The first-order valence-electron chi connectivity index (χ1n) is 11.0. The molecule has 168 valence electrons. The summed E-state index contributed by atoms with van der Waals surface area (Å²) in [5.41, 5.74) is 2.45. The van der Waals surface area contributed by atoms with E-state index in [0.29, 0.717) is 49.0 Å². The van der Waals surface area contributed by atoms with Gasteiger partial charge in [0, 0.05) is 39.3 Å².